The summed E-state index contributed by atoms with van der Waals surface area (Å²) in [6.45, 7) is 3.72. The average molecular weight is 425 g/mol. The van der Waals surface area contributed by atoms with Crippen LogP contribution in [0.3, 0.4) is 0 Å². The first kappa shape index (κ1) is 20.1. The van der Waals surface area contributed by atoms with Crippen molar-refractivity contribution in [1.29, 1.82) is 0 Å². The molecule has 0 bridgehead atoms. The first-order valence-electron chi connectivity index (χ1n) is 10.7. The van der Waals surface area contributed by atoms with Gasteiger partial charge in [-0.2, -0.15) is 0 Å². The van der Waals surface area contributed by atoms with Crippen molar-refractivity contribution in [3.63, 3.8) is 0 Å². The van der Waals surface area contributed by atoms with Crippen molar-refractivity contribution >= 4 is 28.5 Å². The van der Waals surface area contributed by atoms with Crippen molar-refractivity contribution in [2.75, 3.05) is 0 Å². The monoisotopic (exact) mass is 425 g/mol. The second-order valence-electron chi connectivity index (χ2n) is 8.06. The maximum atomic E-state index is 13.3. The molecule has 0 atom stereocenters. The molecule has 0 unspecified atom stereocenters. The van der Waals surface area contributed by atoms with Crippen LogP contribution in [0.15, 0.2) is 52.9 Å². The second kappa shape index (κ2) is 8.38. The number of aromatic nitrogens is 3. The van der Waals surface area contributed by atoms with Crippen molar-refractivity contribution in [1.82, 2.24) is 15.2 Å². The maximum Gasteiger partial charge on any atom is 0.339 e. The third-order valence-electron chi connectivity index (χ3n) is 5.69. The molecule has 1 aliphatic rings. The van der Waals surface area contributed by atoms with Crippen LogP contribution in [0.2, 0.25) is 0 Å². The molecule has 160 valence electrons. The van der Waals surface area contributed by atoms with Crippen LogP contribution in [0.5, 0.6) is 0 Å². The number of benzene rings is 2. The number of fused-ring (bicyclic) bond motifs is 2. The Morgan fingerprint density at radius 2 is 1.88 bits per heavy atom. The molecule has 0 aliphatic heterocycles. The molecule has 0 amide bonds. The van der Waals surface area contributed by atoms with Crippen LogP contribution in [-0.4, -0.2) is 21.2 Å². The fourth-order valence-electron chi connectivity index (χ4n) is 4.17. The lowest BCUT2D eigenvalue weighted by atomic mass is 9.86. The number of allylic oxidation sites excluding steroid dienone is 1. The molecule has 6 nitrogen and oxygen atoms in total. The first-order valence-corrected chi connectivity index (χ1v) is 10.7. The van der Waals surface area contributed by atoms with Crippen molar-refractivity contribution < 1.29 is 13.9 Å². The van der Waals surface area contributed by atoms with E-state index in [9.17, 15) is 4.79 Å². The molecule has 0 N–H and O–H groups in total. The third-order valence-corrected chi connectivity index (χ3v) is 5.69. The quantitative estimate of drug-likeness (QED) is 0.404. The molecule has 2 aromatic heterocycles. The molecule has 0 radical (unpaired) electrons. The standard InChI is InChI=1S/C26H23N3O3/c1-16-10-12-18(13-11-16)14-19-6-5-8-21-24(20-7-3-4-9-22(20)27-25(19)21)26(30)31-15-23-29-28-17(2)32-23/h3-4,7,9-14H,5-6,8,15H2,1-2H3/b19-14+. The Labute approximate surface area is 186 Å². The largest absolute Gasteiger partial charge is 0.452 e. The van der Waals surface area contributed by atoms with Gasteiger partial charge in [0.2, 0.25) is 5.89 Å². The van der Waals surface area contributed by atoms with E-state index in [1.165, 1.54) is 5.56 Å². The van der Waals surface area contributed by atoms with Crippen molar-refractivity contribution in [2.24, 2.45) is 0 Å². The highest BCUT2D eigenvalue weighted by atomic mass is 16.5. The topological polar surface area (TPSA) is 78.1 Å². The summed E-state index contributed by atoms with van der Waals surface area (Å²) in [4.78, 5) is 18.2. The Bertz CT molecular complexity index is 1340. The van der Waals surface area contributed by atoms with Gasteiger partial charge < -0.3 is 9.15 Å². The van der Waals surface area contributed by atoms with Gasteiger partial charge >= 0.3 is 5.97 Å². The second-order valence-corrected chi connectivity index (χ2v) is 8.06. The number of hydrogen-bond acceptors (Lipinski definition) is 6. The van der Waals surface area contributed by atoms with Gasteiger partial charge in [0.15, 0.2) is 6.61 Å². The Morgan fingerprint density at radius 1 is 1.06 bits per heavy atom. The number of para-hydroxylation sites is 1. The zero-order chi connectivity index (χ0) is 22.1. The fourth-order valence-corrected chi connectivity index (χ4v) is 4.17. The summed E-state index contributed by atoms with van der Waals surface area (Å²) in [5.41, 5.74) is 6.68. The van der Waals surface area contributed by atoms with Gasteiger partial charge in [0.1, 0.15) is 0 Å². The Balaban J connectivity index is 1.58. The van der Waals surface area contributed by atoms with E-state index >= 15 is 0 Å². The highest BCUT2D eigenvalue weighted by molar-refractivity contribution is 6.06. The van der Waals surface area contributed by atoms with Crippen molar-refractivity contribution in [2.45, 2.75) is 39.7 Å². The lowest BCUT2D eigenvalue weighted by molar-refractivity contribution is 0.0437. The van der Waals surface area contributed by atoms with Gasteiger partial charge in [-0.25, -0.2) is 9.78 Å². The predicted molar refractivity (Wildman–Crippen MR) is 122 cm³/mol. The SMILES string of the molecule is Cc1ccc(/C=C2\CCCc3c2nc2ccccc2c3C(=O)OCc2nnc(C)o2)cc1. The van der Waals surface area contributed by atoms with Gasteiger partial charge in [0.25, 0.3) is 5.89 Å². The number of carbonyl (C=O) groups is 1. The molecular weight excluding hydrogens is 402 g/mol. The Hall–Kier alpha value is -3.80. The van der Waals surface area contributed by atoms with E-state index in [1.54, 1.807) is 6.92 Å². The average Bonchev–Trinajstić information content (AvgIpc) is 3.23. The smallest absolute Gasteiger partial charge is 0.339 e. The van der Waals surface area contributed by atoms with E-state index in [-0.39, 0.29) is 12.5 Å². The minimum Gasteiger partial charge on any atom is -0.452 e. The number of hydrogen-bond donors (Lipinski definition) is 0. The van der Waals surface area contributed by atoms with Gasteiger partial charge in [0, 0.05) is 12.3 Å². The minimum atomic E-state index is -0.396. The van der Waals surface area contributed by atoms with Gasteiger partial charge in [-0.1, -0.05) is 48.0 Å². The van der Waals surface area contributed by atoms with E-state index in [4.69, 9.17) is 14.1 Å². The number of ether oxygens (including phenoxy) is 1. The molecule has 4 aromatic rings. The first-order chi connectivity index (χ1) is 15.6. The van der Waals surface area contributed by atoms with Gasteiger partial charge in [-0.15, -0.1) is 10.2 Å². The molecule has 2 heterocycles. The fraction of sp³-hybridized carbons (Fsp3) is 0.231. The lowest BCUT2D eigenvalue weighted by Crippen LogP contribution is -2.15. The third kappa shape index (κ3) is 3.91. The molecule has 0 fully saturated rings. The van der Waals surface area contributed by atoms with Crippen LogP contribution in [0.4, 0.5) is 0 Å². The van der Waals surface area contributed by atoms with E-state index in [0.717, 1.165) is 52.6 Å². The van der Waals surface area contributed by atoms with E-state index in [2.05, 4.69) is 47.5 Å². The van der Waals surface area contributed by atoms with Crippen molar-refractivity contribution in [3.8, 4) is 0 Å². The minimum absolute atomic E-state index is 0.0584. The molecule has 1 aliphatic carbocycles. The Morgan fingerprint density at radius 3 is 2.66 bits per heavy atom. The van der Waals surface area contributed by atoms with Crippen LogP contribution in [0.25, 0.3) is 22.6 Å². The summed E-state index contributed by atoms with van der Waals surface area (Å²) in [5, 5.41) is 8.50. The molecule has 6 heteroatoms. The summed E-state index contributed by atoms with van der Waals surface area (Å²) in [5.74, 6) is 0.323. The number of nitrogens with zero attached hydrogens (tertiary/aromatic N) is 3. The molecular formula is C26H23N3O3. The van der Waals surface area contributed by atoms with Gasteiger partial charge in [0.05, 0.1) is 16.8 Å². The number of pyridine rings is 1. The molecule has 0 spiro atoms. The molecule has 2 aromatic carbocycles. The number of rotatable bonds is 4. The normalized spacial score (nSPS) is 14.5. The Kier molecular flexibility index (Phi) is 5.27. The highest BCUT2D eigenvalue weighted by Gasteiger charge is 2.26. The molecule has 0 saturated carbocycles. The summed E-state index contributed by atoms with van der Waals surface area (Å²) < 4.78 is 10.9. The summed E-state index contributed by atoms with van der Waals surface area (Å²) in [6.07, 6.45) is 4.83. The maximum absolute atomic E-state index is 13.3. The van der Waals surface area contributed by atoms with Gasteiger partial charge in [-0.3, -0.25) is 0 Å². The summed E-state index contributed by atoms with van der Waals surface area (Å²) in [6, 6.07) is 16.1. The predicted octanol–water partition coefficient (Wildman–Crippen LogP) is 5.47. The van der Waals surface area contributed by atoms with Crippen LogP contribution in [0.1, 0.15) is 57.4 Å². The zero-order valence-electron chi connectivity index (χ0n) is 18.1. The van der Waals surface area contributed by atoms with Crippen LogP contribution in [-0.2, 0) is 17.8 Å². The van der Waals surface area contributed by atoms with Crippen LogP contribution in [0, 0.1) is 13.8 Å². The van der Waals surface area contributed by atoms with Crippen LogP contribution < -0.4 is 0 Å². The summed E-state index contributed by atoms with van der Waals surface area (Å²) >= 11 is 0. The number of carbonyl (C=O) groups excluding carboxylic acids is 1. The molecule has 32 heavy (non-hydrogen) atoms. The molecule has 5 rings (SSSR count). The van der Waals surface area contributed by atoms with E-state index in [0.29, 0.717) is 11.5 Å². The lowest BCUT2D eigenvalue weighted by Gasteiger charge is -2.22. The number of esters is 1. The summed E-state index contributed by atoms with van der Waals surface area (Å²) in [7, 11) is 0. The molecule has 0 saturated heterocycles. The van der Waals surface area contributed by atoms with E-state index in [1.807, 2.05) is 24.3 Å². The van der Waals surface area contributed by atoms with Gasteiger partial charge in [-0.05, 0) is 55.0 Å². The van der Waals surface area contributed by atoms with Crippen molar-refractivity contribution in [3.05, 3.63) is 88.3 Å². The number of aryl methyl sites for hydroxylation is 2. The zero-order valence-corrected chi connectivity index (χ0v) is 18.1. The van der Waals surface area contributed by atoms with E-state index < -0.39 is 5.97 Å². The highest BCUT2D eigenvalue weighted by Crippen LogP contribution is 2.36. The van der Waals surface area contributed by atoms with Crippen LogP contribution >= 0.6 is 0 Å².